The first-order valence-electron chi connectivity index (χ1n) is 10.2. The molecule has 0 atom stereocenters. The van der Waals surface area contributed by atoms with Gasteiger partial charge in [0.25, 0.3) is 5.91 Å². The van der Waals surface area contributed by atoms with Crippen molar-refractivity contribution < 1.29 is 19.0 Å². The summed E-state index contributed by atoms with van der Waals surface area (Å²) in [6.45, 7) is 8.14. The zero-order valence-electron chi connectivity index (χ0n) is 17.6. The number of carbonyl (C=O) groups excluding carboxylic acids is 1. The lowest BCUT2D eigenvalue weighted by Gasteiger charge is -2.25. The minimum atomic E-state index is -0.142. The Balaban J connectivity index is 1.55. The molecular formula is C23H29N3O4. The van der Waals surface area contributed by atoms with Gasteiger partial charge in [0, 0.05) is 13.1 Å². The summed E-state index contributed by atoms with van der Waals surface area (Å²) in [5.74, 6) is 1.18. The van der Waals surface area contributed by atoms with Gasteiger partial charge in [0.05, 0.1) is 32.6 Å². The third-order valence-corrected chi connectivity index (χ3v) is 4.66. The smallest absolute Gasteiger partial charge is 0.254 e. The molecule has 7 nitrogen and oxygen atoms in total. The molecule has 0 bridgehead atoms. The molecular weight excluding hydrogens is 382 g/mol. The predicted molar refractivity (Wildman–Crippen MR) is 116 cm³/mol. The van der Waals surface area contributed by atoms with Gasteiger partial charge in [-0.05, 0) is 43.2 Å². The van der Waals surface area contributed by atoms with Gasteiger partial charge in [0.2, 0.25) is 0 Å². The third-order valence-electron chi connectivity index (χ3n) is 4.66. The van der Waals surface area contributed by atoms with E-state index in [1.807, 2.05) is 30.0 Å². The molecule has 2 aromatic carbocycles. The van der Waals surface area contributed by atoms with Crippen LogP contribution in [0.5, 0.6) is 11.5 Å². The first-order chi connectivity index (χ1) is 14.6. The molecule has 2 aromatic rings. The summed E-state index contributed by atoms with van der Waals surface area (Å²) in [7, 11) is 0. The Morgan fingerprint density at radius 3 is 2.63 bits per heavy atom. The molecule has 0 aromatic heterocycles. The third kappa shape index (κ3) is 6.86. The number of carbonyl (C=O) groups is 1. The number of hydrazone groups is 1. The van der Waals surface area contributed by atoms with Crippen LogP contribution in [0.25, 0.3) is 0 Å². The van der Waals surface area contributed by atoms with Crippen LogP contribution in [0, 0.1) is 6.92 Å². The van der Waals surface area contributed by atoms with Crippen LogP contribution < -0.4 is 14.9 Å². The topological polar surface area (TPSA) is 72.4 Å². The predicted octanol–water partition coefficient (Wildman–Crippen LogP) is 2.76. The SMILES string of the molecule is CCOc1cc(C=NNC(=O)CN2CCOCC2)ccc1OCc1ccc(C)cc1. The molecule has 3 rings (SSSR count). The van der Waals surface area contributed by atoms with Crippen LogP contribution in [-0.2, 0) is 16.1 Å². The maximum absolute atomic E-state index is 12.0. The summed E-state index contributed by atoms with van der Waals surface area (Å²) in [4.78, 5) is 14.1. The van der Waals surface area contributed by atoms with Gasteiger partial charge in [-0.1, -0.05) is 29.8 Å². The van der Waals surface area contributed by atoms with Crippen LogP contribution >= 0.6 is 0 Å². The molecule has 30 heavy (non-hydrogen) atoms. The fourth-order valence-electron chi connectivity index (χ4n) is 3.01. The maximum atomic E-state index is 12.0. The van der Waals surface area contributed by atoms with Gasteiger partial charge in [-0.3, -0.25) is 9.69 Å². The number of hydrogen-bond donors (Lipinski definition) is 1. The first-order valence-corrected chi connectivity index (χ1v) is 10.2. The highest BCUT2D eigenvalue weighted by Crippen LogP contribution is 2.29. The fourth-order valence-corrected chi connectivity index (χ4v) is 3.01. The molecule has 160 valence electrons. The number of aryl methyl sites for hydroxylation is 1. The average molecular weight is 412 g/mol. The second kappa shape index (κ2) is 11.3. The minimum absolute atomic E-state index is 0.142. The molecule has 1 aliphatic heterocycles. The van der Waals surface area contributed by atoms with Gasteiger partial charge in [-0.25, -0.2) is 5.43 Å². The van der Waals surface area contributed by atoms with Gasteiger partial charge >= 0.3 is 0 Å². The van der Waals surface area contributed by atoms with E-state index < -0.39 is 0 Å². The standard InChI is InChI=1S/C23H29N3O4/c1-3-29-22-14-20(15-24-25-23(27)16-26-10-12-28-13-11-26)8-9-21(22)30-17-19-6-4-18(2)5-7-19/h4-9,14-15H,3,10-13,16-17H2,1-2H3,(H,25,27). The summed E-state index contributed by atoms with van der Waals surface area (Å²) >= 11 is 0. The molecule has 1 fully saturated rings. The van der Waals surface area contributed by atoms with Crippen molar-refractivity contribution in [3.05, 3.63) is 59.2 Å². The van der Waals surface area contributed by atoms with Crippen LogP contribution in [0.15, 0.2) is 47.6 Å². The number of nitrogens with zero attached hydrogens (tertiary/aromatic N) is 2. The van der Waals surface area contributed by atoms with Crippen LogP contribution in [0.4, 0.5) is 0 Å². The summed E-state index contributed by atoms with van der Waals surface area (Å²) in [6, 6.07) is 13.8. The molecule has 0 radical (unpaired) electrons. The van der Waals surface area contributed by atoms with Crippen molar-refractivity contribution in [3.8, 4) is 11.5 Å². The van der Waals surface area contributed by atoms with Crippen LogP contribution in [0.3, 0.4) is 0 Å². The fraction of sp³-hybridized carbons (Fsp3) is 0.391. The summed E-state index contributed by atoms with van der Waals surface area (Å²) < 4.78 is 16.9. The van der Waals surface area contributed by atoms with Gasteiger partial charge in [-0.15, -0.1) is 0 Å². The second-order valence-corrected chi connectivity index (χ2v) is 7.10. The average Bonchev–Trinajstić information content (AvgIpc) is 2.75. The lowest BCUT2D eigenvalue weighted by atomic mass is 10.2. The normalized spacial score (nSPS) is 14.6. The second-order valence-electron chi connectivity index (χ2n) is 7.10. The van der Waals surface area contributed by atoms with Gasteiger partial charge < -0.3 is 14.2 Å². The molecule has 0 unspecified atom stereocenters. The summed E-state index contributed by atoms with van der Waals surface area (Å²) in [5, 5.41) is 4.06. The van der Waals surface area contributed by atoms with E-state index in [0.717, 1.165) is 24.2 Å². The number of benzene rings is 2. The van der Waals surface area contributed by atoms with Gasteiger partial charge in [-0.2, -0.15) is 5.10 Å². The number of morpholine rings is 1. The zero-order chi connectivity index (χ0) is 21.2. The largest absolute Gasteiger partial charge is 0.490 e. The van der Waals surface area contributed by atoms with Crippen molar-refractivity contribution in [2.45, 2.75) is 20.5 Å². The first kappa shape index (κ1) is 21.8. The van der Waals surface area contributed by atoms with Crippen molar-refractivity contribution in [2.75, 3.05) is 39.5 Å². The number of ether oxygens (including phenoxy) is 3. The van der Waals surface area contributed by atoms with E-state index in [1.165, 1.54) is 5.56 Å². The van der Waals surface area contributed by atoms with Crippen LogP contribution in [0.1, 0.15) is 23.6 Å². The molecule has 1 saturated heterocycles. The summed E-state index contributed by atoms with van der Waals surface area (Å²) in [5.41, 5.74) is 5.70. The molecule has 0 aliphatic carbocycles. The highest BCUT2D eigenvalue weighted by Gasteiger charge is 2.13. The monoisotopic (exact) mass is 411 g/mol. The Bertz CT molecular complexity index is 846. The Morgan fingerprint density at radius 1 is 1.13 bits per heavy atom. The molecule has 1 amide bonds. The van der Waals surface area contributed by atoms with E-state index >= 15 is 0 Å². The van der Waals surface area contributed by atoms with Gasteiger partial charge in [0.1, 0.15) is 6.61 Å². The molecule has 1 heterocycles. The summed E-state index contributed by atoms with van der Waals surface area (Å²) in [6.07, 6.45) is 1.60. The highest BCUT2D eigenvalue weighted by atomic mass is 16.5. The van der Waals surface area contributed by atoms with E-state index in [2.05, 4.69) is 41.7 Å². The maximum Gasteiger partial charge on any atom is 0.254 e. The van der Waals surface area contributed by atoms with Crippen LogP contribution in [0.2, 0.25) is 0 Å². The van der Waals surface area contributed by atoms with E-state index in [-0.39, 0.29) is 5.91 Å². The van der Waals surface area contributed by atoms with E-state index in [4.69, 9.17) is 14.2 Å². The quantitative estimate of drug-likeness (QED) is 0.507. The van der Waals surface area contributed by atoms with Crippen molar-refractivity contribution in [1.82, 2.24) is 10.3 Å². The molecule has 0 saturated carbocycles. The number of amides is 1. The minimum Gasteiger partial charge on any atom is -0.490 e. The lowest BCUT2D eigenvalue weighted by molar-refractivity contribution is -0.123. The Kier molecular flexibility index (Phi) is 8.23. The Morgan fingerprint density at radius 2 is 1.90 bits per heavy atom. The number of hydrogen-bond acceptors (Lipinski definition) is 6. The van der Waals surface area contributed by atoms with Crippen molar-refractivity contribution in [3.63, 3.8) is 0 Å². The van der Waals surface area contributed by atoms with Crippen molar-refractivity contribution >= 4 is 12.1 Å². The Hall–Kier alpha value is -2.90. The lowest BCUT2D eigenvalue weighted by Crippen LogP contribution is -2.42. The van der Waals surface area contributed by atoms with Crippen molar-refractivity contribution in [2.24, 2.45) is 5.10 Å². The molecule has 1 N–H and O–H groups in total. The number of rotatable bonds is 9. The van der Waals surface area contributed by atoms with Gasteiger partial charge in [0.15, 0.2) is 11.5 Å². The molecule has 0 spiro atoms. The van der Waals surface area contributed by atoms with E-state index in [0.29, 0.717) is 44.5 Å². The van der Waals surface area contributed by atoms with Crippen molar-refractivity contribution in [1.29, 1.82) is 0 Å². The molecule has 7 heteroatoms. The Labute approximate surface area is 177 Å². The highest BCUT2D eigenvalue weighted by molar-refractivity contribution is 5.83. The van der Waals surface area contributed by atoms with E-state index in [9.17, 15) is 4.79 Å². The van der Waals surface area contributed by atoms with Crippen LogP contribution in [-0.4, -0.2) is 56.5 Å². The zero-order valence-corrected chi connectivity index (χ0v) is 17.6. The number of nitrogens with one attached hydrogen (secondary N) is 1. The molecule has 1 aliphatic rings. The van der Waals surface area contributed by atoms with E-state index in [1.54, 1.807) is 6.21 Å².